The average Bonchev–Trinajstić information content (AvgIpc) is 2.81. The molecule has 1 heterocycles. The predicted octanol–water partition coefficient (Wildman–Crippen LogP) is 4.02. The van der Waals surface area contributed by atoms with E-state index in [1.165, 1.54) is 0 Å². The van der Waals surface area contributed by atoms with E-state index in [0.717, 1.165) is 10.1 Å². The molecule has 0 bridgehead atoms. The molecule has 1 N–H and O–H groups in total. The summed E-state index contributed by atoms with van der Waals surface area (Å²) in [6.45, 7) is 2.75. The molecule has 18 heavy (non-hydrogen) atoms. The van der Waals surface area contributed by atoms with Gasteiger partial charge in [0.15, 0.2) is 0 Å². The van der Waals surface area contributed by atoms with Gasteiger partial charge in [0.25, 0.3) is 5.91 Å². The molecule has 0 atom stereocenters. The second kappa shape index (κ2) is 5.75. The van der Waals surface area contributed by atoms with E-state index >= 15 is 0 Å². The lowest BCUT2D eigenvalue weighted by Crippen LogP contribution is -2.16. The number of nitrogens with zero attached hydrogens (tertiary/aromatic N) is 1. The number of carbonyl (C=O) groups excluding carboxylic acids is 1. The molecule has 0 spiro atoms. The highest BCUT2D eigenvalue weighted by atomic mass is 127. The maximum absolute atomic E-state index is 12.1. The second-order valence-electron chi connectivity index (χ2n) is 3.76. The Balaban J connectivity index is 2.21. The average molecular weight is 375 g/mol. The van der Waals surface area contributed by atoms with Crippen LogP contribution in [0.15, 0.2) is 36.5 Å². The number of halogens is 2. The van der Waals surface area contributed by atoms with E-state index in [2.05, 4.69) is 27.9 Å². The zero-order valence-electron chi connectivity index (χ0n) is 9.78. The van der Waals surface area contributed by atoms with Crippen LogP contribution in [-0.2, 0) is 6.54 Å². The Morgan fingerprint density at radius 2 is 2.22 bits per heavy atom. The van der Waals surface area contributed by atoms with E-state index in [-0.39, 0.29) is 5.91 Å². The van der Waals surface area contributed by atoms with Crippen LogP contribution < -0.4 is 5.32 Å². The molecule has 1 amide bonds. The topological polar surface area (TPSA) is 34.0 Å². The van der Waals surface area contributed by atoms with E-state index in [1.54, 1.807) is 12.1 Å². The number of benzene rings is 1. The lowest BCUT2D eigenvalue weighted by Gasteiger charge is -2.09. The highest BCUT2D eigenvalue weighted by molar-refractivity contribution is 14.1. The number of amides is 1. The van der Waals surface area contributed by atoms with Gasteiger partial charge in [0.1, 0.15) is 5.69 Å². The van der Waals surface area contributed by atoms with Gasteiger partial charge in [0.2, 0.25) is 0 Å². The van der Waals surface area contributed by atoms with E-state index in [0.29, 0.717) is 16.4 Å². The number of nitrogens with one attached hydrogen (secondary N) is 1. The van der Waals surface area contributed by atoms with E-state index in [9.17, 15) is 4.79 Å². The molecule has 0 saturated carbocycles. The van der Waals surface area contributed by atoms with Crippen LogP contribution in [0.25, 0.3) is 0 Å². The third-order valence-electron chi connectivity index (χ3n) is 2.58. The molecule has 94 valence electrons. The number of rotatable bonds is 3. The summed E-state index contributed by atoms with van der Waals surface area (Å²) in [7, 11) is 0. The molecule has 3 nitrogen and oxygen atoms in total. The fraction of sp³-hybridized carbons (Fsp3) is 0.154. The molecule has 1 aromatic heterocycles. The van der Waals surface area contributed by atoms with Crippen LogP contribution in [0.1, 0.15) is 17.4 Å². The lowest BCUT2D eigenvalue weighted by atomic mass is 10.3. The van der Waals surface area contributed by atoms with Crippen molar-refractivity contribution in [2.24, 2.45) is 0 Å². The molecule has 2 aromatic rings. The Hall–Kier alpha value is -1.01. The molecular formula is C13H12ClIN2O. The van der Waals surface area contributed by atoms with Crippen molar-refractivity contribution in [1.82, 2.24) is 4.57 Å². The summed E-state index contributed by atoms with van der Waals surface area (Å²) in [5.41, 5.74) is 1.26. The summed E-state index contributed by atoms with van der Waals surface area (Å²) in [4.78, 5) is 12.1. The van der Waals surface area contributed by atoms with Gasteiger partial charge in [-0.2, -0.15) is 0 Å². The Kier molecular flexibility index (Phi) is 4.29. The van der Waals surface area contributed by atoms with Crippen molar-refractivity contribution in [3.63, 3.8) is 0 Å². The maximum atomic E-state index is 12.1. The smallest absolute Gasteiger partial charge is 0.272 e. The fourth-order valence-corrected chi connectivity index (χ4v) is 2.58. The molecule has 2 rings (SSSR count). The van der Waals surface area contributed by atoms with Gasteiger partial charge in [0, 0.05) is 16.3 Å². The molecule has 0 aliphatic carbocycles. The second-order valence-corrected chi connectivity index (χ2v) is 5.41. The Bertz CT molecular complexity index is 580. The summed E-state index contributed by atoms with van der Waals surface area (Å²) in [5.74, 6) is -0.148. The van der Waals surface area contributed by atoms with Gasteiger partial charge in [-0.3, -0.25) is 4.79 Å². The van der Waals surface area contributed by atoms with Crippen molar-refractivity contribution in [1.29, 1.82) is 0 Å². The minimum Gasteiger partial charge on any atom is -0.344 e. The number of hydrogen-bond donors (Lipinski definition) is 1. The van der Waals surface area contributed by atoms with E-state index in [4.69, 9.17) is 11.6 Å². The van der Waals surface area contributed by atoms with Crippen molar-refractivity contribution in [2.45, 2.75) is 13.5 Å². The van der Waals surface area contributed by atoms with Crippen molar-refractivity contribution in [3.8, 4) is 0 Å². The zero-order chi connectivity index (χ0) is 13.1. The van der Waals surface area contributed by atoms with Crippen LogP contribution in [0.4, 0.5) is 5.69 Å². The largest absolute Gasteiger partial charge is 0.344 e. The first-order valence-electron chi connectivity index (χ1n) is 5.53. The first-order chi connectivity index (χ1) is 8.61. The fourth-order valence-electron chi connectivity index (χ4n) is 1.67. The van der Waals surface area contributed by atoms with Crippen molar-refractivity contribution < 1.29 is 4.79 Å². The van der Waals surface area contributed by atoms with Crippen LogP contribution in [0.3, 0.4) is 0 Å². The van der Waals surface area contributed by atoms with Gasteiger partial charge in [0.05, 0.1) is 10.7 Å². The first-order valence-corrected chi connectivity index (χ1v) is 6.99. The molecule has 1 aromatic carbocycles. The van der Waals surface area contributed by atoms with Crippen LogP contribution in [0.5, 0.6) is 0 Å². The standard InChI is InChI=1S/C13H12ClIN2O/c1-2-17-7-3-4-12(17)13(18)16-11-6-5-9(15)8-10(11)14/h3-8H,2H2,1H3,(H,16,18). The molecule has 0 saturated heterocycles. The van der Waals surface area contributed by atoms with Gasteiger partial charge in [-0.05, 0) is 59.8 Å². The SMILES string of the molecule is CCn1cccc1C(=O)Nc1ccc(I)cc1Cl. The number of aryl methyl sites for hydroxylation is 1. The number of anilines is 1. The lowest BCUT2D eigenvalue weighted by molar-refractivity contribution is 0.101. The monoisotopic (exact) mass is 374 g/mol. The first kappa shape index (κ1) is 13.4. The Morgan fingerprint density at radius 1 is 1.44 bits per heavy atom. The van der Waals surface area contributed by atoms with Crippen LogP contribution in [0.2, 0.25) is 5.02 Å². The van der Waals surface area contributed by atoms with Gasteiger partial charge >= 0.3 is 0 Å². The predicted molar refractivity (Wildman–Crippen MR) is 82.2 cm³/mol. The van der Waals surface area contributed by atoms with Crippen molar-refractivity contribution >= 4 is 45.8 Å². The van der Waals surface area contributed by atoms with Gasteiger partial charge < -0.3 is 9.88 Å². The van der Waals surface area contributed by atoms with Crippen molar-refractivity contribution in [2.75, 3.05) is 5.32 Å². The zero-order valence-corrected chi connectivity index (χ0v) is 12.7. The quantitative estimate of drug-likeness (QED) is 0.809. The summed E-state index contributed by atoms with van der Waals surface area (Å²) in [6.07, 6.45) is 1.88. The van der Waals surface area contributed by atoms with Crippen LogP contribution >= 0.6 is 34.2 Å². The Morgan fingerprint density at radius 3 is 2.89 bits per heavy atom. The molecular weight excluding hydrogens is 363 g/mol. The van der Waals surface area contributed by atoms with Crippen LogP contribution in [0, 0.1) is 3.57 Å². The third kappa shape index (κ3) is 2.87. The molecule has 5 heteroatoms. The minimum atomic E-state index is -0.148. The molecule has 0 unspecified atom stereocenters. The number of aromatic nitrogens is 1. The van der Waals surface area contributed by atoms with Gasteiger partial charge in [-0.25, -0.2) is 0 Å². The molecule has 0 aliphatic heterocycles. The normalized spacial score (nSPS) is 10.4. The van der Waals surface area contributed by atoms with E-state index in [1.807, 2.05) is 35.9 Å². The molecule has 0 radical (unpaired) electrons. The maximum Gasteiger partial charge on any atom is 0.272 e. The third-order valence-corrected chi connectivity index (χ3v) is 3.57. The van der Waals surface area contributed by atoms with Crippen molar-refractivity contribution in [3.05, 3.63) is 50.8 Å². The molecule has 0 aliphatic rings. The summed E-state index contributed by atoms with van der Waals surface area (Å²) in [5, 5.41) is 3.37. The van der Waals surface area contributed by atoms with E-state index < -0.39 is 0 Å². The summed E-state index contributed by atoms with van der Waals surface area (Å²) in [6, 6.07) is 9.17. The Labute approximate surface area is 124 Å². The van der Waals surface area contributed by atoms with Gasteiger partial charge in [-0.1, -0.05) is 11.6 Å². The summed E-state index contributed by atoms with van der Waals surface area (Å²) >= 11 is 8.26. The highest BCUT2D eigenvalue weighted by Crippen LogP contribution is 2.24. The van der Waals surface area contributed by atoms with Gasteiger partial charge in [-0.15, -0.1) is 0 Å². The number of hydrogen-bond acceptors (Lipinski definition) is 1. The van der Waals surface area contributed by atoms with Crippen LogP contribution in [-0.4, -0.2) is 10.5 Å². The summed E-state index contributed by atoms with van der Waals surface area (Å²) < 4.78 is 2.92. The minimum absolute atomic E-state index is 0.148. The molecule has 0 fully saturated rings. The highest BCUT2D eigenvalue weighted by Gasteiger charge is 2.11. The number of carbonyl (C=O) groups is 1.